The Labute approximate surface area is 110 Å². The summed E-state index contributed by atoms with van der Waals surface area (Å²) in [7, 11) is 0. The zero-order valence-corrected chi connectivity index (χ0v) is 11.1. The van der Waals surface area contributed by atoms with Gasteiger partial charge in [0.1, 0.15) is 24.1 Å². The van der Waals surface area contributed by atoms with Gasteiger partial charge in [0, 0.05) is 6.42 Å². The number of esters is 1. The first kappa shape index (κ1) is 15.5. The quantitative estimate of drug-likeness (QED) is 0.161. The molecule has 1 saturated heterocycles. The van der Waals surface area contributed by atoms with E-state index in [1.54, 1.807) is 6.92 Å². The van der Waals surface area contributed by atoms with Crippen LogP contribution in [0.3, 0.4) is 0 Å². The molecule has 106 valence electrons. The molecule has 7 heteroatoms. The second kappa shape index (κ2) is 6.03. The molecule has 0 spiro atoms. The van der Waals surface area contributed by atoms with E-state index in [4.69, 9.17) is 9.62 Å². The molecule has 0 N–H and O–H groups in total. The van der Waals surface area contributed by atoms with Gasteiger partial charge in [-0.2, -0.15) is 0 Å². The van der Waals surface area contributed by atoms with Crippen molar-refractivity contribution in [2.45, 2.75) is 32.8 Å². The molecule has 0 amide bonds. The molecule has 0 bridgehead atoms. The largest absolute Gasteiger partial charge is 0.449 e. The molecule has 1 rings (SSSR count). The maximum absolute atomic E-state index is 11.7. The van der Waals surface area contributed by atoms with Gasteiger partial charge in [0.2, 0.25) is 0 Å². The molecule has 1 fully saturated rings. The normalized spacial score (nSPS) is 26.4. The molecule has 19 heavy (non-hydrogen) atoms. The van der Waals surface area contributed by atoms with Crippen LogP contribution in [0, 0.1) is 5.92 Å². The number of rotatable bonds is 7. The fourth-order valence-electron chi connectivity index (χ4n) is 2.15. The molecular formula is C12H16O7. The summed E-state index contributed by atoms with van der Waals surface area (Å²) in [5, 5.41) is 0. The van der Waals surface area contributed by atoms with Gasteiger partial charge in [0.25, 0.3) is 5.78 Å². The summed E-state index contributed by atoms with van der Waals surface area (Å²) in [6.45, 7) is 4.01. The van der Waals surface area contributed by atoms with Crippen molar-refractivity contribution in [3.63, 3.8) is 0 Å². The third kappa shape index (κ3) is 3.24. The van der Waals surface area contributed by atoms with Crippen molar-refractivity contribution in [1.29, 1.82) is 0 Å². The minimum absolute atomic E-state index is 0.239. The molecule has 2 unspecified atom stereocenters. The van der Waals surface area contributed by atoms with E-state index in [0.29, 0.717) is 0 Å². The first-order chi connectivity index (χ1) is 8.84. The van der Waals surface area contributed by atoms with Crippen LogP contribution in [0.4, 0.5) is 0 Å². The van der Waals surface area contributed by atoms with E-state index >= 15 is 0 Å². The molecule has 0 saturated carbocycles. The fraction of sp³-hybridized carbons (Fsp3) is 0.667. The van der Waals surface area contributed by atoms with Crippen LogP contribution in [0.1, 0.15) is 27.2 Å². The van der Waals surface area contributed by atoms with Crippen LogP contribution in [0.2, 0.25) is 0 Å². The Hall–Kier alpha value is -1.60. The van der Waals surface area contributed by atoms with Crippen molar-refractivity contribution in [1.82, 2.24) is 0 Å². The van der Waals surface area contributed by atoms with E-state index in [-0.39, 0.29) is 25.4 Å². The Kier molecular flexibility index (Phi) is 4.90. The summed E-state index contributed by atoms with van der Waals surface area (Å²) in [5.74, 6) is -4.27. The highest BCUT2D eigenvalue weighted by Gasteiger charge is 2.58. The number of cyclic esters (lactones) is 1. The van der Waals surface area contributed by atoms with Gasteiger partial charge in [-0.25, -0.2) is 14.6 Å². The van der Waals surface area contributed by atoms with Gasteiger partial charge in [-0.15, -0.1) is 0 Å². The van der Waals surface area contributed by atoms with Gasteiger partial charge in [0.15, 0.2) is 5.60 Å². The zero-order chi connectivity index (χ0) is 14.6. The van der Waals surface area contributed by atoms with Gasteiger partial charge in [-0.05, 0) is 20.8 Å². The predicted octanol–water partition coefficient (Wildman–Crippen LogP) is 0.00350. The number of carbonyl (C=O) groups is 4. The van der Waals surface area contributed by atoms with E-state index in [9.17, 15) is 19.2 Å². The van der Waals surface area contributed by atoms with Crippen LogP contribution < -0.4 is 0 Å². The third-order valence-electron chi connectivity index (χ3n) is 2.74. The second-order valence-corrected chi connectivity index (χ2v) is 4.41. The van der Waals surface area contributed by atoms with E-state index in [2.05, 4.69) is 4.89 Å². The topological polar surface area (TPSA) is 96.0 Å². The van der Waals surface area contributed by atoms with Crippen molar-refractivity contribution in [2.75, 3.05) is 13.2 Å². The van der Waals surface area contributed by atoms with E-state index in [0.717, 1.165) is 0 Å². The molecule has 0 aliphatic carbocycles. The Morgan fingerprint density at radius 1 is 1.26 bits per heavy atom. The van der Waals surface area contributed by atoms with Crippen molar-refractivity contribution >= 4 is 23.3 Å². The van der Waals surface area contributed by atoms with Crippen LogP contribution >= 0.6 is 0 Å². The second-order valence-electron chi connectivity index (χ2n) is 4.41. The minimum Gasteiger partial charge on any atom is -0.449 e. The maximum Gasteiger partial charge on any atom is 0.376 e. The molecular weight excluding hydrogens is 256 g/mol. The minimum atomic E-state index is -1.60. The van der Waals surface area contributed by atoms with Crippen molar-refractivity contribution in [2.24, 2.45) is 5.92 Å². The van der Waals surface area contributed by atoms with Gasteiger partial charge in [-0.1, -0.05) is 0 Å². The number of Topliss-reactive ketones (excluding diaryl/α,β-unsaturated/α-hetero) is 3. The lowest BCUT2D eigenvalue weighted by Gasteiger charge is -2.29. The molecule has 0 aromatic heterocycles. The third-order valence-corrected chi connectivity index (χ3v) is 2.74. The van der Waals surface area contributed by atoms with Crippen LogP contribution in [-0.2, 0) is 33.7 Å². The fourth-order valence-corrected chi connectivity index (χ4v) is 2.15. The average molecular weight is 272 g/mol. The lowest BCUT2D eigenvalue weighted by atomic mass is 9.81. The zero-order valence-electron chi connectivity index (χ0n) is 11.1. The number of ketones is 3. The van der Waals surface area contributed by atoms with E-state index in [1.165, 1.54) is 13.8 Å². The predicted molar refractivity (Wildman–Crippen MR) is 60.9 cm³/mol. The average Bonchev–Trinajstić information content (AvgIpc) is 2.50. The number of ether oxygens (including phenoxy) is 1. The van der Waals surface area contributed by atoms with Gasteiger partial charge >= 0.3 is 5.97 Å². The summed E-state index contributed by atoms with van der Waals surface area (Å²) in [6.07, 6.45) is -0.276. The molecule has 0 aromatic rings. The Morgan fingerprint density at radius 2 is 1.89 bits per heavy atom. The van der Waals surface area contributed by atoms with Crippen molar-refractivity contribution < 1.29 is 33.7 Å². The standard InChI is InChI=1S/C12H16O7/c1-4-17-18-6-12(5-7(2)13)9(8(3)14)10(15)11(16)19-12/h9H,4-6H2,1-3H3. The van der Waals surface area contributed by atoms with Gasteiger partial charge < -0.3 is 4.74 Å². The SMILES string of the molecule is CCOOCC1(CC(C)=O)OC(=O)C(=O)C1C(C)=O. The molecule has 1 heterocycles. The first-order valence-electron chi connectivity index (χ1n) is 5.85. The van der Waals surface area contributed by atoms with Crippen molar-refractivity contribution in [3.05, 3.63) is 0 Å². The number of carbonyl (C=O) groups excluding carboxylic acids is 4. The maximum atomic E-state index is 11.7. The molecule has 0 aromatic carbocycles. The number of hydrogen-bond donors (Lipinski definition) is 0. The Morgan fingerprint density at radius 3 is 2.37 bits per heavy atom. The summed E-state index contributed by atoms with van der Waals surface area (Å²) >= 11 is 0. The van der Waals surface area contributed by atoms with Gasteiger partial charge in [0.05, 0.1) is 6.61 Å². The van der Waals surface area contributed by atoms with Crippen molar-refractivity contribution in [3.8, 4) is 0 Å². The molecule has 7 nitrogen and oxygen atoms in total. The van der Waals surface area contributed by atoms with E-state index in [1.807, 2.05) is 0 Å². The van der Waals surface area contributed by atoms with E-state index < -0.39 is 29.1 Å². The molecule has 2 atom stereocenters. The van der Waals surface area contributed by atoms with Crippen LogP contribution in [0.25, 0.3) is 0 Å². The number of hydrogen-bond acceptors (Lipinski definition) is 7. The molecule has 1 aliphatic heterocycles. The highest BCUT2D eigenvalue weighted by Crippen LogP contribution is 2.35. The molecule has 1 aliphatic rings. The summed E-state index contributed by atoms with van der Waals surface area (Å²) in [5.41, 5.74) is -1.60. The summed E-state index contributed by atoms with van der Waals surface area (Å²) in [6, 6.07) is 0. The van der Waals surface area contributed by atoms with Crippen LogP contribution in [0.5, 0.6) is 0 Å². The monoisotopic (exact) mass is 272 g/mol. The molecule has 0 radical (unpaired) electrons. The Balaban J connectivity index is 3.05. The summed E-state index contributed by atoms with van der Waals surface area (Å²) < 4.78 is 4.96. The highest BCUT2D eigenvalue weighted by atomic mass is 17.2. The lowest BCUT2D eigenvalue weighted by molar-refractivity contribution is -0.314. The van der Waals surface area contributed by atoms with Crippen LogP contribution in [-0.4, -0.2) is 42.1 Å². The lowest BCUT2D eigenvalue weighted by Crippen LogP contribution is -2.46. The smallest absolute Gasteiger partial charge is 0.376 e. The first-order valence-corrected chi connectivity index (χ1v) is 5.85. The van der Waals surface area contributed by atoms with Gasteiger partial charge in [-0.3, -0.25) is 14.4 Å². The highest BCUT2D eigenvalue weighted by molar-refractivity contribution is 6.40. The van der Waals surface area contributed by atoms with Crippen LogP contribution in [0.15, 0.2) is 0 Å². The summed E-state index contributed by atoms with van der Waals surface area (Å²) in [4.78, 5) is 55.4. The Bertz CT molecular complexity index is 414.